The van der Waals surface area contributed by atoms with E-state index in [0.717, 1.165) is 12.0 Å². The summed E-state index contributed by atoms with van der Waals surface area (Å²) in [6.45, 7) is 4.56. The largest absolute Gasteiger partial charge is 0.352 e. The average molecular weight is 285 g/mol. The monoisotopic (exact) mass is 285 g/mol. The zero-order valence-electron chi connectivity index (χ0n) is 12.2. The first kappa shape index (κ1) is 14.9. The van der Waals surface area contributed by atoms with E-state index in [1.807, 2.05) is 19.1 Å². The average Bonchev–Trinajstić information content (AvgIpc) is 2.53. The van der Waals surface area contributed by atoms with Gasteiger partial charge in [0.1, 0.15) is 5.69 Å². The first-order valence-corrected chi connectivity index (χ1v) is 6.95. The third-order valence-corrected chi connectivity index (χ3v) is 3.08. The van der Waals surface area contributed by atoms with Crippen LogP contribution in [-0.4, -0.2) is 26.9 Å². The van der Waals surface area contributed by atoms with Gasteiger partial charge in [0.25, 0.3) is 5.91 Å². The standard InChI is InChI=1S/C15H19N5O/c1-3-11(2)19-15-17-9-6-13(20-15)14(21)18-10-12-4-7-16-8-5-12/h4-9,11H,3,10H2,1-2H3,(H,18,21)(H,17,19,20). The van der Waals surface area contributed by atoms with Crippen LogP contribution in [0.2, 0.25) is 0 Å². The maximum atomic E-state index is 12.1. The Morgan fingerprint density at radius 3 is 2.71 bits per heavy atom. The molecule has 6 nitrogen and oxygen atoms in total. The molecule has 1 unspecified atom stereocenters. The Bertz CT molecular complexity index is 588. The number of pyridine rings is 1. The summed E-state index contributed by atoms with van der Waals surface area (Å²) in [5.41, 5.74) is 1.34. The van der Waals surface area contributed by atoms with E-state index in [4.69, 9.17) is 0 Å². The number of anilines is 1. The highest BCUT2D eigenvalue weighted by Gasteiger charge is 2.09. The van der Waals surface area contributed by atoms with E-state index in [1.54, 1.807) is 24.7 Å². The van der Waals surface area contributed by atoms with Crippen molar-refractivity contribution >= 4 is 11.9 Å². The Kier molecular flexibility index (Phi) is 5.20. The lowest BCUT2D eigenvalue weighted by molar-refractivity contribution is 0.0946. The normalized spacial score (nSPS) is 11.7. The Hall–Kier alpha value is -2.50. The fraction of sp³-hybridized carbons (Fsp3) is 0.333. The minimum atomic E-state index is -0.221. The highest BCUT2D eigenvalue weighted by molar-refractivity contribution is 5.92. The molecule has 0 fully saturated rings. The molecule has 2 aromatic rings. The zero-order chi connectivity index (χ0) is 15.1. The van der Waals surface area contributed by atoms with Crippen LogP contribution >= 0.6 is 0 Å². The molecule has 0 radical (unpaired) electrons. The van der Waals surface area contributed by atoms with Gasteiger partial charge in [-0.1, -0.05) is 6.92 Å². The Morgan fingerprint density at radius 1 is 1.24 bits per heavy atom. The molecule has 0 aliphatic heterocycles. The number of hydrogen-bond donors (Lipinski definition) is 2. The van der Waals surface area contributed by atoms with Crippen molar-refractivity contribution in [3.8, 4) is 0 Å². The number of carbonyl (C=O) groups excluding carboxylic acids is 1. The molecule has 0 aliphatic rings. The lowest BCUT2D eigenvalue weighted by Crippen LogP contribution is -2.25. The molecule has 0 saturated carbocycles. The topological polar surface area (TPSA) is 79.8 Å². The molecule has 0 saturated heterocycles. The molecule has 2 heterocycles. The van der Waals surface area contributed by atoms with Gasteiger partial charge in [-0.05, 0) is 37.1 Å². The van der Waals surface area contributed by atoms with Crippen molar-refractivity contribution in [3.63, 3.8) is 0 Å². The van der Waals surface area contributed by atoms with Gasteiger partial charge in [-0.15, -0.1) is 0 Å². The summed E-state index contributed by atoms with van der Waals surface area (Å²) in [5, 5.41) is 5.98. The lowest BCUT2D eigenvalue weighted by atomic mass is 10.2. The van der Waals surface area contributed by atoms with Crippen LogP contribution in [0.15, 0.2) is 36.8 Å². The fourth-order valence-corrected chi connectivity index (χ4v) is 1.65. The van der Waals surface area contributed by atoms with E-state index in [0.29, 0.717) is 18.2 Å². The SMILES string of the molecule is CCC(C)Nc1nccc(C(=O)NCc2ccncc2)n1. The maximum Gasteiger partial charge on any atom is 0.270 e. The summed E-state index contributed by atoms with van der Waals surface area (Å²) in [5.74, 6) is 0.252. The summed E-state index contributed by atoms with van der Waals surface area (Å²) in [6, 6.07) is 5.58. The van der Waals surface area contributed by atoms with E-state index in [2.05, 4.69) is 32.5 Å². The molecule has 1 atom stereocenters. The summed E-state index contributed by atoms with van der Waals surface area (Å²) in [4.78, 5) is 24.4. The third kappa shape index (κ3) is 4.52. The van der Waals surface area contributed by atoms with Gasteiger partial charge in [0, 0.05) is 31.2 Å². The molecule has 21 heavy (non-hydrogen) atoms. The molecular formula is C15H19N5O. The Labute approximate surface area is 124 Å². The molecular weight excluding hydrogens is 266 g/mol. The van der Waals surface area contributed by atoms with Crippen LogP contribution in [0.4, 0.5) is 5.95 Å². The number of rotatable bonds is 6. The number of nitrogens with one attached hydrogen (secondary N) is 2. The predicted octanol–water partition coefficient (Wildman–Crippen LogP) is 2.01. The van der Waals surface area contributed by atoms with E-state index in [1.165, 1.54) is 0 Å². The van der Waals surface area contributed by atoms with Gasteiger partial charge in [0.15, 0.2) is 0 Å². The molecule has 0 bridgehead atoms. The van der Waals surface area contributed by atoms with Crippen LogP contribution < -0.4 is 10.6 Å². The van der Waals surface area contributed by atoms with Crippen molar-refractivity contribution in [1.29, 1.82) is 0 Å². The number of nitrogens with zero attached hydrogens (tertiary/aromatic N) is 3. The highest BCUT2D eigenvalue weighted by Crippen LogP contribution is 2.04. The second kappa shape index (κ2) is 7.33. The molecule has 0 aromatic carbocycles. The summed E-state index contributed by atoms with van der Waals surface area (Å²) in [7, 11) is 0. The Morgan fingerprint density at radius 2 is 2.00 bits per heavy atom. The van der Waals surface area contributed by atoms with Gasteiger partial charge in [-0.25, -0.2) is 9.97 Å². The number of amides is 1. The molecule has 6 heteroatoms. The Balaban J connectivity index is 1.97. The van der Waals surface area contributed by atoms with Crippen LogP contribution in [0.25, 0.3) is 0 Å². The van der Waals surface area contributed by atoms with Gasteiger partial charge in [0.05, 0.1) is 0 Å². The van der Waals surface area contributed by atoms with Crippen molar-refractivity contribution < 1.29 is 4.79 Å². The lowest BCUT2D eigenvalue weighted by Gasteiger charge is -2.11. The van der Waals surface area contributed by atoms with E-state index in [-0.39, 0.29) is 11.9 Å². The summed E-state index contributed by atoms with van der Waals surface area (Å²) >= 11 is 0. The molecule has 2 rings (SSSR count). The quantitative estimate of drug-likeness (QED) is 0.848. The number of aromatic nitrogens is 3. The van der Waals surface area contributed by atoms with Crippen LogP contribution in [-0.2, 0) is 6.54 Å². The second-order valence-electron chi connectivity index (χ2n) is 4.76. The summed E-state index contributed by atoms with van der Waals surface area (Å²) < 4.78 is 0. The van der Waals surface area contributed by atoms with Crippen molar-refractivity contribution in [2.45, 2.75) is 32.9 Å². The van der Waals surface area contributed by atoms with Gasteiger partial charge < -0.3 is 10.6 Å². The minimum absolute atomic E-state index is 0.221. The molecule has 2 N–H and O–H groups in total. The van der Waals surface area contributed by atoms with Crippen LogP contribution in [0.3, 0.4) is 0 Å². The molecule has 110 valence electrons. The van der Waals surface area contributed by atoms with Crippen LogP contribution in [0.5, 0.6) is 0 Å². The molecule has 2 aromatic heterocycles. The smallest absolute Gasteiger partial charge is 0.270 e. The molecule has 0 spiro atoms. The van der Waals surface area contributed by atoms with E-state index in [9.17, 15) is 4.79 Å². The minimum Gasteiger partial charge on any atom is -0.352 e. The van der Waals surface area contributed by atoms with Gasteiger partial charge in [-0.2, -0.15) is 0 Å². The molecule has 1 amide bonds. The molecule has 0 aliphatic carbocycles. The van der Waals surface area contributed by atoms with E-state index < -0.39 is 0 Å². The van der Waals surface area contributed by atoms with Crippen molar-refractivity contribution in [1.82, 2.24) is 20.3 Å². The third-order valence-electron chi connectivity index (χ3n) is 3.08. The number of carbonyl (C=O) groups is 1. The van der Waals surface area contributed by atoms with Crippen molar-refractivity contribution in [2.75, 3.05) is 5.32 Å². The first-order valence-electron chi connectivity index (χ1n) is 6.95. The number of hydrogen-bond acceptors (Lipinski definition) is 5. The zero-order valence-corrected chi connectivity index (χ0v) is 12.2. The van der Waals surface area contributed by atoms with E-state index >= 15 is 0 Å². The predicted molar refractivity (Wildman–Crippen MR) is 80.8 cm³/mol. The van der Waals surface area contributed by atoms with Crippen LogP contribution in [0.1, 0.15) is 36.3 Å². The fourth-order valence-electron chi connectivity index (χ4n) is 1.65. The van der Waals surface area contributed by atoms with Crippen molar-refractivity contribution in [2.24, 2.45) is 0 Å². The second-order valence-corrected chi connectivity index (χ2v) is 4.76. The van der Waals surface area contributed by atoms with Gasteiger partial charge in [-0.3, -0.25) is 9.78 Å². The van der Waals surface area contributed by atoms with Gasteiger partial charge >= 0.3 is 0 Å². The first-order chi connectivity index (χ1) is 10.2. The summed E-state index contributed by atoms with van der Waals surface area (Å²) in [6.07, 6.45) is 5.93. The highest BCUT2D eigenvalue weighted by atomic mass is 16.1. The maximum absolute atomic E-state index is 12.1. The van der Waals surface area contributed by atoms with Crippen molar-refractivity contribution in [3.05, 3.63) is 48.0 Å². The van der Waals surface area contributed by atoms with Gasteiger partial charge in [0.2, 0.25) is 5.95 Å². The van der Waals surface area contributed by atoms with Crippen LogP contribution in [0, 0.1) is 0 Å².